The quantitative estimate of drug-likeness (QED) is 0.450. The number of carbonyl (C=O) groups excluding carboxylic acids is 1. The lowest BCUT2D eigenvalue weighted by Crippen LogP contribution is -2.48. The van der Waals surface area contributed by atoms with Gasteiger partial charge in [0.1, 0.15) is 0 Å². The topological polar surface area (TPSA) is 74.2 Å². The minimum absolute atomic E-state index is 0.131. The number of aliphatic hydroxyl groups excluding tert-OH is 1. The molecule has 0 spiro atoms. The van der Waals surface area contributed by atoms with Gasteiger partial charge in [-0.3, -0.25) is 9.79 Å². The first-order chi connectivity index (χ1) is 12.5. The van der Waals surface area contributed by atoms with E-state index < -0.39 is 6.10 Å². The SMILES string of the molecule is CCNC(=NCC(O)c1ccc(Cl)cc1)N1CCCC(C(=O)OCC)C1. The van der Waals surface area contributed by atoms with Gasteiger partial charge in [-0.25, -0.2) is 0 Å². The molecule has 1 aromatic carbocycles. The van der Waals surface area contributed by atoms with Gasteiger partial charge in [-0.2, -0.15) is 0 Å². The van der Waals surface area contributed by atoms with Gasteiger partial charge in [0.15, 0.2) is 5.96 Å². The zero-order valence-corrected chi connectivity index (χ0v) is 16.2. The summed E-state index contributed by atoms with van der Waals surface area (Å²) in [5.41, 5.74) is 0.775. The highest BCUT2D eigenvalue weighted by molar-refractivity contribution is 6.30. The molecule has 0 saturated carbocycles. The van der Waals surface area contributed by atoms with Crippen LogP contribution in [0.3, 0.4) is 0 Å². The number of benzene rings is 1. The molecule has 0 bridgehead atoms. The average molecular weight is 382 g/mol. The summed E-state index contributed by atoms with van der Waals surface area (Å²) < 4.78 is 5.16. The van der Waals surface area contributed by atoms with Crippen LogP contribution in [0.4, 0.5) is 0 Å². The van der Waals surface area contributed by atoms with E-state index in [1.54, 1.807) is 24.3 Å². The molecule has 1 fully saturated rings. The number of guanidine groups is 1. The second-order valence-electron chi connectivity index (χ2n) is 6.30. The predicted molar refractivity (Wildman–Crippen MR) is 103 cm³/mol. The number of halogens is 1. The molecule has 7 heteroatoms. The van der Waals surface area contributed by atoms with Crippen molar-refractivity contribution >= 4 is 23.5 Å². The highest BCUT2D eigenvalue weighted by atomic mass is 35.5. The van der Waals surface area contributed by atoms with Gasteiger partial charge < -0.3 is 20.1 Å². The van der Waals surface area contributed by atoms with Gasteiger partial charge in [-0.1, -0.05) is 23.7 Å². The first kappa shape index (κ1) is 20.5. The highest BCUT2D eigenvalue weighted by Gasteiger charge is 2.28. The Morgan fingerprint density at radius 3 is 2.81 bits per heavy atom. The van der Waals surface area contributed by atoms with Crippen LogP contribution < -0.4 is 5.32 Å². The molecule has 2 atom stereocenters. The lowest BCUT2D eigenvalue weighted by Gasteiger charge is -2.34. The Morgan fingerprint density at radius 1 is 1.42 bits per heavy atom. The van der Waals surface area contributed by atoms with E-state index in [0.29, 0.717) is 18.2 Å². The third kappa shape index (κ3) is 5.88. The number of hydrogen-bond donors (Lipinski definition) is 2. The molecule has 1 aliphatic heterocycles. The number of aliphatic imine (C=N–C) groups is 1. The first-order valence-corrected chi connectivity index (χ1v) is 9.56. The molecule has 6 nitrogen and oxygen atoms in total. The molecule has 2 unspecified atom stereocenters. The summed E-state index contributed by atoms with van der Waals surface area (Å²) in [6.07, 6.45) is 1.04. The predicted octanol–water partition coefficient (Wildman–Crippen LogP) is 2.61. The lowest BCUT2D eigenvalue weighted by atomic mass is 9.98. The number of carbonyl (C=O) groups is 1. The average Bonchev–Trinajstić information content (AvgIpc) is 2.65. The van der Waals surface area contributed by atoms with Gasteiger partial charge >= 0.3 is 5.97 Å². The molecule has 2 N–H and O–H groups in total. The monoisotopic (exact) mass is 381 g/mol. The number of nitrogens with one attached hydrogen (secondary N) is 1. The standard InChI is InChI=1S/C19H28ClN3O3/c1-3-21-19(22-12-17(24)14-7-9-16(20)10-8-14)23-11-5-6-15(13-23)18(25)26-4-2/h7-10,15,17,24H,3-6,11-13H2,1-2H3,(H,21,22). The van der Waals surface area contributed by atoms with Crippen molar-refractivity contribution in [2.24, 2.45) is 10.9 Å². The largest absolute Gasteiger partial charge is 0.466 e. The van der Waals surface area contributed by atoms with E-state index in [9.17, 15) is 9.90 Å². The molecule has 0 amide bonds. The van der Waals surface area contributed by atoms with Crippen molar-refractivity contribution in [3.05, 3.63) is 34.9 Å². The minimum atomic E-state index is -0.702. The van der Waals surface area contributed by atoms with Crippen molar-refractivity contribution in [1.82, 2.24) is 10.2 Å². The summed E-state index contributed by atoms with van der Waals surface area (Å²) in [5, 5.41) is 14.3. The van der Waals surface area contributed by atoms with E-state index >= 15 is 0 Å². The number of ether oxygens (including phenoxy) is 1. The van der Waals surface area contributed by atoms with E-state index in [-0.39, 0.29) is 18.4 Å². The van der Waals surface area contributed by atoms with Gasteiger partial charge in [-0.15, -0.1) is 0 Å². The summed E-state index contributed by atoms with van der Waals surface area (Å²) in [4.78, 5) is 18.7. The van der Waals surface area contributed by atoms with Crippen LogP contribution in [0.1, 0.15) is 38.4 Å². The number of rotatable bonds is 6. The van der Waals surface area contributed by atoms with Gasteiger partial charge in [0.2, 0.25) is 0 Å². The van der Waals surface area contributed by atoms with Crippen LogP contribution in [0.15, 0.2) is 29.3 Å². The molecule has 26 heavy (non-hydrogen) atoms. The lowest BCUT2D eigenvalue weighted by molar-refractivity contribution is -0.149. The Hall–Kier alpha value is -1.79. The third-order valence-corrected chi connectivity index (χ3v) is 4.60. The second kappa shape index (κ2) is 10.4. The smallest absolute Gasteiger partial charge is 0.310 e. The van der Waals surface area contributed by atoms with Gasteiger partial charge in [0, 0.05) is 24.7 Å². The van der Waals surface area contributed by atoms with Crippen molar-refractivity contribution < 1.29 is 14.6 Å². The molecule has 0 radical (unpaired) electrons. The molecular formula is C19H28ClN3O3. The molecule has 144 valence electrons. The van der Waals surface area contributed by atoms with Crippen LogP contribution in [0.25, 0.3) is 0 Å². The minimum Gasteiger partial charge on any atom is -0.466 e. The van der Waals surface area contributed by atoms with E-state index in [1.165, 1.54) is 0 Å². The van der Waals surface area contributed by atoms with Crippen molar-refractivity contribution in [3.8, 4) is 0 Å². The fraction of sp³-hybridized carbons (Fsp3) is 0.579. The molecule has 0 aliphatic carbocycles. The Balaban J connectivity index is 2.02. The summed E-state index contributed by atoms with van der Waals surface area (Å²) >= 11 is 5.88. The summed E-state index contributed by atoms with van der Waals surface area (Å²) in [5.74, 6) is 0.442. The number of piperidine rings is 1. The Morgan fingerprint density at radius 2 is 2.15 bits per heavy atom. The van der Waals surface area contributed by atoms with Crippen molar-refractivity contribution in [2.45, 2.75) is 32.8 Å². The normalized spacial score (nSPS) is 19.2. The maximum atomic E-state index is 12.0. The number of nitrogens with zero attached hydrogens (tertiary/aromatic N) is 2. The zero-order chi connectivity index (χ0) is 18.9. The number of aliphatic hydroxyl groups is 1. The van der Waals surface area contributed by atoms with Crippen LogP contribution >= 0.6 is 11.6 Å². The van der Waals surface area contributed by atoms with Crippen LogP contribution in [0.5, 0.6) is 0 Å². The van der Waals surface area contributed by atoms with Crippen LogP contribution in [0, 0.1) is 5.92 Å². The second-order valence-corrected chi connectivity index (χ2v) is 6.74. The molecule has 1 heterocycles. The van der Waals surface area contributed by atoms with Crippen LogP contribution in [0.2, 0.25) is 5.02 Å². The van der Waals surface area contributed by atoms with Crippen LogP contribution in [-0.2, 0) is 9.53 Å². The van der Waals surface area contributed by atoms with E-state index in [0.717, 1.165) is 37.5 Å². The Kier molecular flexibility index (Phi) is 8.19. The fourth-order valence-electron chi connectivity index (χ4n) is 3.01. The van der Waals surface area contributed by atoms with Crippen molar-refractivity contribution in [2.75, 3.05) is 32.8 Å². The maximum absolute atomic E-state index is 12.0. The summed E-state index contributed by atoms with van der Waals surface area (Å²) in [6.45, 7) is 6.60. The molecular weight excluding hydrogens is 354 g/mol. The fourth-order valence-corrected chi connectivity index (χ4v) is 3.14. The van der Waals surface area contributed by atoms with Crippen molar-refractivity contribution in [1.29, 1.82) is 0 Å². The number of esters is 1. The number of hydrogen-bond acceptors (Lipinski definition) is 4. The highest BCUT2D eigenvalue weighted by Crippen LogP contribution is 2.19. The maximum Gasteiger partial charge on any atom is 0.310 e. The van der Waals surface area contributed by atoms with E-state index in [4.69, 9.17) is 16.3 Å². The molecule has 1 aliphatic rings. The van der Waals surface area contributed by atoms with E-state index in [2.05, 4.69) is 15.2 Å². The zero-order valence-electron chi connectivity index (χ0n) is 15.4. The van der Waals surface area contributed by atoms with Crippen LogP contribution in [-0.4, -0.2) is 54.7 Å². The van der Waals surface area contributed by atoms with Gasteiger partial charge in [0.25, 0.3) is 0 Å². The molecule has 1 saturated heterocycles. The van der Waals surface area contributed by atoms with Gasteiger partial charge in [0.05, 0.1) is 25.2 Å². The Labute approximate surface area is 160 Å². The Bertz CT molecular complexity index is 607. The number of likely N-dealkylation sites (tertiary alicyclic amines) is 1. The first-order valence-electron chi connectivity index (χ1n) is 9.18. The van der Waals surface area contributed by atoms with Crippen molar-refractivity contribution in [3.63, 3.8) is 0 Å². The van der Waals surface area contributed by atoms with Gasteiger partial charge in [-0.05, 0) is 44.4 Å². The summed E-state index contributed by atoms with van der Waals surface area (Å²) in [6, 6.07) is 7.10. The molecule has 0 aromatic heterocycles. The van der Waals surface area contributed by atoms with E-state index in [1.807, 2.05) is 13.8 Å². The summed E-state index contributed by atoms with van der Waals surface area (Å²) in [7, 11) is 0. The molecule has 1 aromatic rings. The third-order valence-electron chi connectivity index (χ3n) is 4.34. The molecule has 2 rings (SSSR count).